The summed E-state index contributed by atoms with van der Waals surface area (Å²) in [5.41, 5.74) is 2.77. The zero-order chi connectivity index (χ0) is 19.8. The zero-order valence-electron chi connectivity index (χ0n) is 16.1. The van der Waals surface area contributed by atoms with Gasteiger partial charge in [0.15, 0.2) is 0 Å². The van der Waals surface area contributed by atoms with Crippen molar-refractivity contribution in [2.75, 3.05) is 19.4 Å². The van der Waals surface area contributed by atoms with Crippen molar-refractivity contribution in [2.24, 2.45) is 0 Å². The highest BCUT2D eigenvalue weighted by Gasteiger charge is 2.10. The minimum absolute atomic E-state index is 0.314. The van der Waals surface area contributed by atoms with Crippen LogP contribution in [0.3, 0.4) is 0 Å². The maximum Gasteiger partial charge on any atom is 0.319 e. The molecule has 0 saturated carbocycles. The highest BCUT2D eigenvalue weighted by Crippen LogP contribution is 2.26. The van der Waals surface area contributed by atoms with Gasteiger partial charge in [0.1, 0.15) is 11.4 Å². The summed E-state index contributed by atoms with van der Waals surface area (Å²) in [5, 5.41) is 5.71. The van der Waals surface area contributed by atoms with Crippen LogP contribution in [0.5, 0.6) is 11.6 Å². The number of rotatable bonds is 7. The number of nitrogens with one attached hydrogen (secondary N) is 2. The first kappa shape index (κ1) is 19.4. The van der Waals surface area contributed by atoms with Crippen LogP contribution in [0.25, 0.3) is 0 Å². The molecule has 0 fully saturated rings. The summed E-state index contributed by atoms with van der Waals surface area (Å²) in [4.78, 5) is 18.7. The van der Waals surface area contributed by atoms with Crippen LogP contribution in [0.1, 0.15) is 11.1 Å². The first-order chi connectivity index (χ1) is 13.6. The van der Waals surface area contributed by atoms with Gasteiger partial charge in [0, 0.05) is 19.3 Å². The van der Waals surface area contributed by atoms with Gasteiger partial charge in [0.05, 0.1) is 0 Å². The maximum atomic E-state index is 12.4. The van der Waals surface area contributed by atoms with Crippen molar-refractivity contribution in [1.29, 1.82) is 0 Å². The third kappa shape index (κ3) is 5.56. The van der Waals surface area contributed by atoms with Gasteiger partial charge in [-0.05, 0) is 49.5 Å². The first-order valence-corrected chi connectivity index (χ1v) is 9.06. The van der Waals surface area contributed by atoms with Crippen molar-refractivity contribution in [1.82, 2.24) is 15.2 Å². The number of carbonyl (C=O) groups is 1. The van der Waals surface area contributed by atoms with Gasteiger partial charge in [-0.15, -0.1) is 0 Å². The topological polar surface area (TPSA) is 66.5 Å². The number of benzene rings is 2. The van der Waals surface area contributed by atoms with E-state index in [9.17, 15) is 4.79 Å². The van der Waals surface area contributed by atoms with Crippen LogP contribution < -0.4 is 15.4 Å². The molecule has 0 saturated heterocycles. The molecule has 1 aromatic heterocycles. The average molecular weight is 376 g/mol. The second kappa shape index (κ2) is 9.53. The van der Waals surface area contributed by atoms with Gasteiger partial charge in [-0.25, -0.2) is 9.78 Å². The number of aromatic nitrogens is 1. The molecule has 6 nitrogen and oxygen atoms in total. The van der Waals surface area contributed by atoms with E-state index in [0.717, 1.165) is 12.1 Å². The number of carbonyl (C=O) groups excluding carboxylic acids is 1. The fourth-order valence-corrected chi connectivity index (χ4v) is 2.73. The van der Waals surface area contributed by atoms with E-state index in [1.54, 1.807) is 18.3 Å². The second-order valence-corrected chi connectivity index (χ2v) is 6.59. The molecule has 6 heteroatoms. The summed E-state index contributed by atoms with van der Waals surface area (Å²) < 4.78 is 5.78. The van der Waals surface area contributed by atoms with Crippen molar-refractivity contribution < 1.29 is 9.53 Å². The quantitative estimate of drug-likeness (QED) is 0.647. The molecular weight excluding hydrogens is 352 g/mol. The molecule has 2 aromatic carbocycles. The lowest BCUT2D eigenvalue weighted by Gasteiger charge is -2.15. The number of nitrogens with zero attached hydrogens (tertiary/aromatic N) is 2. The van der Waals surface area contributed by atoms with Gasteiger partial charge < -0.3 is 20.3 Å². The third-order valence-corrected chi connectivity index (χ3v) is 4.02. The predicted octanol–water partition coefficient (Wildman–Crippen LogP) is 4.26. The van der Waals surface area contributed by atoms with E-state index in [2.05, 4.69) is 26.6 Å². The number of hydrogen-bond acceptors (Lipinski definition) is 4. The van der Waals surface area contributed by atoms with Crippen LogP contribution >= 0.6 is 0 Å². The number of urea groups is 1. The lowest BCUT2D eigenvalue weighted by Crippen LogP contribution is -2.29. The van der Waals surface area contributed by atoms with E-state index >= 15 is 0 Å². The highest BCUT2D eigenvalue weighted by molar-refractivity contribution is 5.90. The van der Waals surface area contributed by atoms with E-state index < -0.39 is 0 Å². The number of anilines is 1. The summed E-state index contributed by atoms with van der Waals surface area (Å²) in [5.74, 6) is 0.999. The Balaban J connectivity index is 1.63. The highest BCUT2D eigenvalue weighted by atomic mass is 16.5. The fourth-order valence-electron chi connectivity index (χ4n) is 2.73. The largest absolute Gasteiger partial charge is 0.437 e. The van der Waals surface area contributed by atoms with Gasteiger partial charge in [0.25, 0.3) is 0 Å². The number of pyridine rings is 1. The molecule has 0 radical (unpaired) electrons. The molecule has 2 amide bonds. The Morgan fingerprint density at radius 3 is 2.43 bits per heavy atom. The Morgan fingerprint density at radius 1 is 0.964 bits per heavy atom. The molecule has 1 heterocycles. The zero-order valence-corrected chi connectivity index (χ0v) is 16.1. The average Bonchev–Trinajstić information content (AvgIpc) is 2.69. The van der Waals surface area contributed by atoms with E-state index in [-0.39, 0.29) is 6.03 Å². The van der Waals surface area contributed by atoms with Crippen LogP contribution in [0, 0.1) is 0 Å². The lowest BCUT2D eigenvalue weighted by molar-refractivity contribution is 0.251. The SMILES string of the molecule is CN(C)Cc1ccccc1CNC(=O)Nc1cccnc1Oc1ccccc1. The Bertz CT molecular complexity index is 913. The van der Waals surface area contributed by atoms with E-state index in [4.69, 9.17) is 4.74 Å². The van der Waals surface area contributed by atoms with Gasteiger partial charge in [0.2, 0.25) is 5.88 Å². The first-order valence-electron chi connectivity index (χ1n) is 9.06. The molecule has 28 heavy (non-hydrogen) atoms. The van der Waals surface area contributed by atoms with Gasteiger partial charge in [-0.1, -0.05) is 42.5 Å². The van der Waals surface area contributed by atoms with E-state index in [0.29, 0.717) is 23.9 Å². The van der Waals surface area contributed by atoms with Gasteiger partial charge in [-0.2, -0.15) is 0 Å². The summed E-state index contributed by atoms with van der Waals surface area (Å²) in [6, 6.07) is 20.6. The molecule has 3 aromatic rings. The molecule has 0 atom stereocenters. The molecule has 144 valence electrons. The van der Waals surface area contributed by atoms with Crippen LogP contribution in [0.15, 0.2) is 72.9 Å². The summed E-state index contributed by atoms with van der Waals surface area (Å²) >= 11 is 0. The Kier molecular flexibility index (Phi) is 6.59. The number of hydrogen-bond donors (Lipinski definition) is 2. The smallest absolute Gasteiger partial charge is 0.319 e. The van der Waals surface area contributed by atoms with Crippen LogP contribution in [0.4, 0.5) is 10.5 Å². The van der Waals surface area contributed by atoms with Crippen LogP contribution in [-0.2, 0) is 13.1 Å². The molecule has 2 N–H and O–H groups in total. The van der Waals surface area contributed by atoms with Gasteiger partial charge in [-0.3, -0.25) is 0 Å². The molecule has 0 bridgehead atoms. The summed E-state index contributed by atoms with van der Waals surface area (Å²) in [6.07, 6.45) is 1.62. The minimum atomic E-state index is -0.314. The molecule has 0 spiro atoms. The van der Waals surface area contributed by atoms with Crippen molar-refractivity contribution in [3.05, 3.63) is 84.1 Å². The minimum Gasteiger partial charge on any atom is -0.437 e. The predicted molar refractivity (Wildman–Crippen MR) is 110 cm³/mol. The second-order valence-electron chi connectivity index (χ2n) is 6.59. The number of ether oxygens (including phenoxy) is 1. The van der Waals surface area contributed by atoms with Crippen LogP contribution in [-0.4, -0.2) is 30.0 Å². The fraction of sp³-hybridized carbons (Fsp3) is 0.182. The Morgan fingerprint density at radius 2 is 1.68 bits per heavy atom. The van der Waals surface area contributed by atoms with Crippen molar-refractivity contribution in [2.45, 2.75) is 13.1 Å². The van der Waals surface area contributed by atoms with Crippen LogP contribution in [0.2, 0.25) is 0 Å². The molecule has 0 aliphatic carbocycles. The Labute approximate surface area is 165 Å². The Hall–Kier alpha value is -3.38. The maximum absolute atomic E-state index is 12.4. The number of amides is 2. The van der Waals surface area contributed by atoms with Crippen molar-refractivity contribution in [3.63, 3.8) is 0 Å². The lowest BCUT2D eigenvalue weighted by atomic mass is 10.1. The summed E-state index contributed by atoms with van der Waals surface area (Å²) in [6.45, 7) is 1.25. The normalized spacial score (nSPS) is 10.5. The van der Waals surface area contributed by atoms with Crippen molar-refractivity contribution in [3.8, 4) is 11.6 Å². The molecule has 0 aliphatic rings. The van der Waals surface area contributed by atoms with Crippen molar-refractivity contribution >= 4 is 11.7 Å². The van der Waals surface area contributed by atoms with Gasteiger partial charge >= 0.3 is 6.03 Å². The monoisotopic (exact) mass is 376 g/mol. The van der Waals surface area contributed by atoms with E-state index in [1.807, 2.05) is 62.6 Å². The molecular formula is C22H24N4O2. The van der Waals surface area contributed by atoms with E-state index in [1.165, 1.54) is 5.56 Å². The molecule has 0 unspecified atom stereocenters. The number of para-hydroxylation sites is 1. The summed E-state index contributed by atoms with van der Waals surface area (Å²) in [7, 11) is 4.04. The third-order valence-electron chi connectivity index (χ3n) is 4.02. The molecule has 3 rings (SSSR count). The molecule has 0 aliphatic heterocycles. The standard InChI is InChI=1S/C22H24N4O2/c1-26(2)16-18-10-7-6-9-17(18)15-24-22(27)25-20-13-8-14-23-21(20)28-19-11-4-3-5-12-19/h3-14H,15-16H2,1-2H3,(H2,24,25,27).